The molecule has 3 aromatic carbocycles. The lowest BCUT2D eigenvalue weighted by atomic mass is 10.1. The molecule has 0 aliphatic carbocycles. The van der Waals surface area contributed by atoms with Crippen LogP contribution in [0.5, 0.6) is 5.75 Å². The fourth-order valence-electron chi connectivity index (χ4n) is 2.64. The van der Waals surface area contributed by atoms with E-state index in [9.17, 15) is 29.8 Å². The predicted octanol–water partition coefficient (Wildman–Crippen LogP) is 4.28. The number of carbonyl (C=O) groups excluding carboxylic acids is 2. The van der Waals surface area contributed by atoms with Gasteiger partial charge in [0, 0.05) is 29.8 Å². The third-order valence-electron chi connectivity index (χ3n) is 4.24. The highest BCUT2D eigenvalue weighted by molar-refractivity contribution is 6.05. The van der Waals surface area contributed by atoms with E-state index >= 15 is 0 Å². The molecule has 10 heteroatoms. The first-order valence-corrected chi connectivity index (χ1v) is 8.87. The summed E-state index contributed by atoms with van der Waals surface area (Å²) in [6, 6.07) is 14.7. The number of amides is 1. The molecule has 1 amide bonds. The van der Waals surface area contributed by atoms with Gasteiger partial charge in [0.2, 0.25) is 0 Å². The van der Waals surface area contributed by atoms with E-state index in [0.29, 0.717) is 0 Å². The number of nitrogens with zero attached hydrogens (tertiary/aromatic N) is 2. The highest BCUT2D eigenvalue weighted by atomic mass is 16.6. The minimum atomic E-state index is -0.760. The van der Waals surface area contributed by atoms with Crippen LogP contribution in [0.1, 0.15) is 26.3 Å². The van der Waals surface area contributed by atoms with Crippen LogP contribution in [-0.2, 0) is 0 Å². The molecule has 0 aliphatic rings. The molecule has 0 radical (unpaired) electrons. The summed E-state index contributed by atoms with van der Waals surface area (Å²) < 4.78 is 5.36. The Balaban J connectivity index is 1.80. The van der Waals surface area contributed by atoms with Crippen LogP contribution in [0, 0.1) is 27.2 Å². The van der Waals surface area contributed by atoms with E-state index in [-0.39, 0.29) is 33.9 Å². The van der Waals surface area contributed by atoms with Gasteiger partial charge in [0.05, 0.1) is 21.1 Å². The van der Waals surface area contributed by atoms with Gasteiger partial charge in [-0.15, -0.1) is 0 Å². The molecular weight excluding hydrogens is 406 g/mol. The lowest BCUT2D eigenvalue weighted by molar-refractivity contribution is -0.385. The fourth-order valence-corrected chi connectivity index (χ4v) is 2.64. The van der Waals surface area contributed by atoms with Crippen LogP contribution in [0.25, 0.3) is 0 Å². The molecule has 3 rings (SSSR count). The number of nitro groups is 2. The van der Waals surface area contributed by atoms with Crippen molar-refractivity contribution in [2.45, 2.75) is 6.92 Å². The maximum atomic E-state index is 12.5. The first kappa shape index (κ1) is 21.1. The number of nitro benzene ring substituents is 2. The molecule has 31 heavy (non-hydrogen) atoms. The van der Waals surface area contributed by atoms with Crippen LogP contribution >= 0.6 is 0 Å². The molecule has 0 spiro atoms. The number of hydrogen-bond acceptors (Lipinski definition) is 7. The number of carbonyl (C=O) groups is 2. The smallest absolute Gasteiger partial charge is 0.343 e. The number of non-ortho nitro benzene ring substituents is 2. The van der Waals surface area contributed by atoms with E-state index in [2.05, 4.69) is 5.32 Å². The number of rotatable bonds is 6. The highest BCUT2D eigenvalue weighted by Gasteiger charge is 2.16. The number of anilines is 1. The van der Waals surface area contributed by atoms with Gasteiger partial charge in [-0.25, -0.2) is 4.79 Å². The Morgan fingerprint density at radius 3 is 1.84 bits per heavy atom. The topological polar surface area (TPSA) is 142 Å². The van der Waals surface area contributed by atoms with Gasteiger partial charge >= 0.3 is 5.97 Å². The van der Waals surface area contributed by atoms with E-state index in [4.69, 9.17) is 4.74 Å². The largest absolute Gasteiger partial charge is 0.421 e. The number of esters is 1. The molecule has 0 fully saturated rings. The highest BCUT2D eigenvalue weighted by Crippen LogP contribution is 2.27. The van der Waals surface area contributed by atoms with Crippen molar-refractivity contribution in [1.82, 2.24) is 0 Å². The molecule has 0 aliphatic heterocycles. The molecule has 10 nitrogen and oxygen atoms in total. The summed E-state index contributed by atoms with van der Waals surface area (Å²) in [5.74, 6) is -1.23. The Morgan fingerprint density at radius 2 is 1.32 bits per heavy atom. The summed E-state index contributed by atoms with van der Waals surface area (Å²) in [6.45, 7) is 1.78. The van der Waals surface area contributed by atoms with Gasteiger partial charge in [0.25, 0.3) is 17.3 Å². The Kier molecular flexibility index (Phi) is 6.01. The molecule has 0 heterocycles. The molecule has 0 atom stereocenters. The van der Waals surface area contributed by atoms with E-state index < -0.39 is 21.7 Å². The van der Waals surface area contributed by atoms with E-state index in [0.717, 1.165) is 5.56 Å². The fraction of sp³-hybridized carbons (Fsp3) is 0.0476. The van der Waals surface area contributed by atoms with Crippen molar-refractivity contribution < 1.29 is 24.2 Å². The first-order chi connectivity index (χ1) is 14.7. The molecule has 0 saturated heterocycles. The van der Waals surface area contributed by atoms with Crippen LogP contribution in [-0.4, -0.2) is 21.7 Å². The van der Waals surface area contributed by atoms with Crippen LogP contribution in [0.15, 0.2) is 66.7 Å². The minimum absolute atomic E-state index is 0.0733. The van der Waals surface area contributed by atoms with Crippen LogP contribution in [0.3, 0.4) is 0 Å². The van der Waals surface area contributed by atoms with E-state index in [1.54, 1.807) is 19.1 Å². The summed E-state index contributed by atoms with van der Waals surface area (Å²) in [6.07, 6.45) is 0. The monoisotopic (exact) mass is 421 g/mol. The van der Waals surface area contributed by atoms with E-state index in [1.807, 2.05) is 0 Å². The van der Waals surface area contributed by atoms with Gasteiger partial charge in [-0.05, 0) is 48.9 Å². The summed E-state index contributed by atoms with van der Waals surface area (Å²) in [4.78, 5) is 45.3. The van der Waals surface area contributed by atoms with Gasteiger partial charge in [0.15, 0.2) is 5.75 Å². The maximum absolute atomic E-state index is 12.5. The van der Waals surface area contributed by atoms with Gasteiger partial charge in [-0.2, -0.15) is 0 Å². The number of nitrogens with one attached hydrogen (secondary N) is 1. The lowest BCUT2D eigenvalue weighted by Crippen LogP contribution is -2.15. The molecule has 156 valence electrons. The second kappa shape index (κ2) is 8.82. The van der Waals surface area contributed by atoms with Crippen LogP contribution in [0.2, 0.25) is 0 Å². The zero-order chi connectivity index (χ0) is 22.5. The molecule has 0 saturated carbocycles. The third-order valence-corrected chi connectivity index (χ3v) is 4.24. The van der Waals surface area contributed by atoms with Crippen molar-refractivity contribution in [3.63, 3.8) is 0 Å². The predicted molar refractivity (Wildman–Crippen MR) is 110 cm³/mol. The van der Waals surface area contributed by atoms with Crippen molar-refractivity contribution >= 4 is 28.9 Å². The Hall–Kier alpha value is -4.60. The number of benzene rings is 3. The third kappa shape index (κ3) is 5.07. The van der Waals surface area contributed by atoms with Crippen molar-refractivity contribution in [3.05, 3.63) is 104 Å². The Morgan fingerprint density at radius 1 is 0.806 bits per heavy atom. The average molecular weight is 421 g/mol. The molecule has 1 N–H and O–H groups in total. The van der Waals surface area contributed by atoms with Crippen LogP contribution < -0.4 is 10.1 Å². The van der Waals surface area contributed by atoms with Crippen molar-refractivity contribution in [2.75, 3.05) is 5.32 Å². The summed E-state index contributed by atoms with van der Waals surface area (Å²) >= 11 is 0. The van der Waals surface area contributed by atoms with Crippen LogP contribution in [0.4, 0.5) is 17.1 Å². The van der Waals surface area contributed by atoms with Crippen molar-refractivity contribution in [3.8, 4) is 5.75 Å². The zero-order valence-corrected chi connectivity index (χ0v) is 16.1. The average Bonchev–Trinajstić information content (AvgIpc) is 2.75. The number of hydrogen-bond donors (Lipinski definition) is 1. The van der Waals surface area contributed by atoms with Gasteiger partial charge < -0.3 is 10.1 Å². The SMILES string of the molecule is Cc1ccc(OC(=O)c2ccc([N+](=O)[O-])cc2)c(NC(=O)c2ccc([N+](=O)[O-])cc2)c1. The summed E-state index contributed by atoms with van der Waals surface area (Å²) in [7, 11) is 0. The standard InChI is InChI=1S/C21H15N3O7/c1-13-2-11-19(31-21(26)15-5-9-17(10-6-15)24(29)30)18(12-13)22-20(25)14-3-7-16(8-4-14)23(27)28/h2-12H,1H3,(H,22,25). The van der Waals surface area contributed by atoms with E-state index in [1.165, 1.54) is 54.6 Å². The zero-order valence-electron chi connectivity index (χ0n) is 16.1. The molecule has 0 aromatic heterocycles. The number of aryl methyl sites for hydroxylation is 1. The summed E-state index contributed by atoms with van der Waals surface area (Å²) in [5.41, 5.74) is 0.971. The minimum Gasteiger partial charge on any atom is -0.421 e. The molecule has 3 aromatic rings. The second-order valence-electron chi connectivity index (χ2n) is 6.45. The van der Waals surface area contributed by atoms with Gasteiger partial charge in [0.1, 0.15) is 0 Å². The lowest BCUT2D eigenvalue weighted by Gasteiger charge is -2.12. The second-order valence-corrected chi connectivity index (χ2v) is 6.45. The Labute approximate surface area is 175 Å². The number of ether oxygens (including phenoxy) is 1. The molecular formula is C21H15N3O7. The first-order valence-electron chi connectivity index (χ1n) is 8.87. The maximum Gasteiger partial charge on any atom is 0.343 e. The summed E-state index contributed by atoms with van der Waals surface area (Å²) in [5, 5.41) is 24.1. The Bertz CT molecular complexity index is 1170. The molecule has 0 bridgehead atoms. The van der Waals surface area contributed by atoms with Crippen molar-refractivity contribution in [2.24, 2.45) is 0 Å². The quantitative estimate of drug-likeness (QED) is 0.271. The van der Waals surface area contributed by atoms with Gasteiger partial charge in [-0.1, -0.05) is 6.07 Å². The molecule has 0 unspecified atom stereocenters. The van der Waals surface area contributed by atoms with Crippen molar-refractivity contribution in [1.29, 1.82) is 0 Å². The van der Waals surface area contributed by atoms with Gasteiger partial charge in [-0.3, -0.25) is 25.0 Å². The normalized spacial score (nSPS) is 10.2.